The molecule has 0 fully saturated rings. The molecule has 2 heteroatoms. The van der Waals surface area contributed by atoms with E-state index in [2.05, 4.69) is 48.5 Å². The van der Waals surface area contributed by atoms with Crippen LogP contribution in [0.5, 0.6) is 11.5 Å². The van der Waals surface area contributed by atoms with Crippen molar-refractivity contribution in [1.29, 1.82) is 0 Å². The lowest BCUT2D eigenvalue weighted by Gasteiger charge is -2.18. The summed E-state index contributed by atoms with van der Waals surface area (Å²) in [6.45, 7) is 0. The first-order valence-electron chi connectivity index (χ1n) is 8.03. The van der Waals surface area contributed by atoms with E-state index in [9.17, 15) is 0 Å². The van der Waals surface area contributed by atoms with Crippen LogP contribution in [0.25, 0.3) is 43.1 Å². The Bertz CT molecular complexity index is 1120. The molecule has 0 N–H and O–H groups in total. The molecule has 0 saturated carbocycles. The highest BCUT2D eigenvalue weighted by atomic mass is 16.5. The Labute approximate surface area is 139 Å². The van der Waals surface area contributed by atoms with Gasteiger partial charge in [-0.05, 0) is 33.7 Å². The Morgan fingerprint density at radius 3 is 1.38 bits per heavy atom. The lowest BCUT2D eigenvalue weighted by molar-refractivity contribution is 0.416. The molecule has 0 spiro atoms. The van der Waals surface area contributed by atoms with E-state index in [0.717, 1.165) is 22.3 Å². The Morgan fingerprint density at radius 1 is 0.500 bits per heavy atom. The van der Waals surface area contributed by atoms with Crippen molar-refractivity contribution in [3.8, 4) is 11.5 Å². The fraction of sp³-hybridized carbons (Fsp3) is 0.0909. The van der Waals surface area contributed by atoms with E-state index < -0.39 is 0 Å². The molecule has 0 aliphatic rings. The number of rotatable bonds is 2. The van der Waals surface area contributed by atoms with E-state index >= 15 is 0 Å². The van der Waals surface area contributed by atoms with Crippen molar-refractivity contribution in [1.82, 2.24) is 0 Å². The van der Waals surface area contributed by atoms with Gasteiger partial charge in [-0.2, -0.15) is 0 Å². The van der Waals surface area contributed by atoms with Crippen molar-refractivity contribution in [2.75, 3.05) is 14.2 Å². The van der Waals surface area contributed by atoms with Crippen LogP contribution in [-0.4, -0.2) is 14.2 Å². The molecule has 0 heterocycles. The smallest absolute Gasteiger partial charge is 0.127 e. The zero-order valence-corrected chi connectivity index (χ0v) is 13.6. The minimum atomic E-state index is 0.884. The molecule has 2 nitrogen and oxygen atoms in total. The first-order chi connectivity index (χ1) is 11.8. The van der Waals surface area contributed by atoms with Crippen molar-refractivity contribution in [2.45, 2.75) is 0 Å². The Hall–Kier alpha value is -3.00. The molecule has 116 valence electrons. The zero-order valence-electron chi connectivity index (χ0n) is 13.6. The van der Waals surface area contributed by atoms with Crippen LogP contribution in [0.15, 0.2) is 60.7 Å². The van der Waals surface area contributed by atoms with Gasteiger partial charge in [0, 0.05) is 21.5 Å². The zero-order chi connectivity index (χ0) is 16.3. The van der Waals surface area contributed by atoms with Crippen LogP contribution >= 0.6 is 0 Å². The molecule has 0 amide bonds. The highest BCUT2D eigenvalue weighted by Crippen LogP contribution is 2.46. The van der Waals surface area contributed by atoms with Crippen LogP contribution in [0.4, 0.5) is 0 Å². The maximum atomic E-state index is 5.72. The van der Waals surface area contributed by atoms with E-state index in [4.69, 9.17) is 9.47 Å². The molecule has 0 atom stereocenters. The molecule has 0 aromatic heterocycles. The molecule has 24 heavy (non-hydrogen) atoms. The molecule has 0 aliphatic heterocycles. The van der Waals surface area contributed by atoms with Gasteiger partial charge in [-0.25, -0.2) is 0 Å². The molecule has 0 unspecified atom stereocenters. The highest BCUT2D eigenvalue weighted by molar-refractivity contribution is 6.35. The summed E-state index contributed by atoms with van der Waals surface area (Å²) in [6.07, 6.45) is 0. The predicted molar refractivity (Wildman–Crippen MR) is 101 cm³/mol. The summed E-state index contributed by atoms with van der Waals surface area (Å²) in [4.78, 5) is 0. The van der Waals surface area contributed by atoms with Gasteiger partial charge in [-0.15, -0.1) is 0 Å². The molecular weight excluding hydrogens is 296 g/mol. The molecule has 0 bridgehead atoms. The Kier molecular flexibility index (Phi) is 2.66. The summed E-state index contributed by atoms with van der Waals surface area (Å²) in [5, 5.41) is 9.69. The second kappa shape index (κ2) is 4.75. The second-order valence-corrected chi connectivity index (χ2v) is 6.09. The van der Waals surface area contributed by atoms with Crippen LogP contribution in [0.3, 0.4) is 0 Å². The molecule has 5 aromatic rings. The average molecular weight is 312 g/mol. The first kappa shape index (κ1) is 13.4. The lowest BCUT2D eigenvalue weighted by atomic mass is 9.89. The standard InChI is InChI=1S/C22H16O2/c1-23-17-11-9-13-5-3-7-15-16-8-4-6-14-10-12-18(24-2)22(20(14)16)21(17)19(13)15/h3-12H,1-2H3. The SMILES string of the molecule is COc1ccc2cccc3c4cccc5ccc(OC)c(c1c23)c54. The highest BCUT2D eigenvalue weighted by Gasteiger charge is 2.18. The fourth-order valence-corrected chi connectivity index (χ4v) is 4.01. The van der Waals surface area contributed by atoms with E-state index in [1.165, 1.54) is 32.3 Å². The summed E-state index contributed by atoms with van der Waals surface area (Å²) in [7, 11) is 3.46. The first-order valence-corrected chi connectivity index (χ1v) is 8.03. The Morgan fingerprint density at radius 2 is 0.958 bits per heavy atom. The Balaban J connectivity index is 2.27. The van der Waals surface area contributed by atoms with Crippen LogP contribution in [0.2, 0.25) is 0 Å². The topological polar surface area (TPSA) is 18.5 Å². The number of ether oxygens (including phenoxy) is 2. The van der Waals surface area contributed by atoms with Gasteiger partial charge in [0.25, 0.3) is 0 Å². The summed E-state index contributed by atoms with van der Waals surface area (Å²) in [5.74, 6) is 1.77. The van der Waals surface area contributed by atoms with Crippen molar-refractivity contribution in [3.05, 3.63) is 60.7 Å². The van der Waals surface area contributed by atoms with Crippen molar-refractivity contribution in [2.24, 2.45) is 0 Å². The third-order valence-corrected chi connectivity index (χ3v) is 4.99. The van der Waals surface area contributed by atoms with Gasteiger partial charge >= 0.3 is 0 Å². The minimum Gasteiger partial charge on any atom is -0.496 e. The van der Waals surface area contributed by atoms with Crippen LogP contribution < -0.4 is 9.47 Å². The van der Waals surface area contributed by atoms with Gasteiger partial charge < -0.3 is 9.47 Å². The number of hydrogen-bond acceptors (Lipinski definition) is 2. The minimum absolute atomic E-state index is 0.884. The summed E-state index contributed by atoms with van der Waals surface area (Å²) in [5.41, 5.74) is 0. The van der Waals surface area contributed by atoms with Gasteiger partial charge in [0.2, 0.25) is 0 Å². The number of methoxy groups -OCH3 is 2. The van der Waals surface area contributed by atoms with Crippen LogP contribution in [0.1, 0.15) is 0 Å². The molecule has 0 saturated heterocycles. The van der Waals surface area contributed by atoms with Crippen molar-refractivity contribution >= 4 is 43.1 Å². The van der Waals surface area contributed by atoms with E-state index in [1.54, 1.807) is 14.2 Å². The molecule has 5 rings (SSSR count). The largest absolute Gasteiger partial charge is 0.496 e. The van der Waals surface area contributed by atoms with Crippen LogP contribution in [0, 0.1) is 0 Å². The lowest BCUT2D eigenvalue weighted by Crippen LogP contribution is -1.93. The number of benzene rings is 5. The molecule has 5 aromatic carbocycles. The third kappa shape index (κ3) is 1.55. The van der Waals surface area contributed by atoms with Gasteiger partial charge in [0.15, 0.2) is 0 Å². The summed E-state index contributed by atoms with van der Waals surface area (Å²) in [6, 6.07) is 21.3. The summed E-state index contributed by atoms with van der Waals surface area (Å²) >= 11 is 0. The van der Waals surface area contributed by atoms with E-state index in [0.29, 0.717) is 0 Å². The molecular formula is C22H16O2. The predicted octanol–water partition coefficient (Wildman–Crippen LogP) is 5.75. The number of hydrogen-bond donors (Lipinski definition) is 0. The molecule has 0 radical (unpaired) electrons. The molecule has 0 aliphatic carbocycles. The second-order valence-electron chi connectivity index (χ2n) is 6.09. The summed E-state index contributed by atoms with van der Waals surface area (Å²) < 4.78 is 11.4. The van der Waals surface area contributed by atoms with Crippen LogP contribution in [-0.2, 0) is 0 Å². The van der Waals surface area contributed by atoms with Gasteiger partial charge in [0.1, 0.15) is 11.5 Å². The average Bonchev–Trinajstić information content (AvgIpc) is 2.65. The fourth-order valence-electron chi connectivity index (χ4n) is 4.01. The third-order valence-electron chi connectivity index (χ3n) is 4.99. The maximum absolute atomic E-state index is 5.72. The number of fused-ring (bicyclic) bond motifs is 2. The normalized spacial score (nSPS) is 11.8. The maximum Gasteiger partial charge on any atom is 0.127 e. The van der Waals surface area contributed by atoms with E-state index in [-0.39, 0.29) is 0 Å². The van der Waals surface area contributed by atoms with Crippen molar-refractivity contribution < 1.29 is 9.47 Å². The quantitative estimate of drug-likeness (QED) is 0.305. The van der Waals surface area contributed by atoms with Gasteiger partial charge in [0.05, 0.1) is 14.2 Å². The monoisotopic (exact) mass is 312 g/mol. The van der Waals surface area contributed by atoms with Gasteiger partial charge in [-0.3, -0.25) is 0 Å². The van der Waals surface area contributed by atoms with Crippen molar-refractivity contribution in [3.63, 3.8) is 0 Å². The van der Waals surface area contributed by atoms with Gasteiger partial charge in [-0.1, -0.05) is 48.5 Å². The van der Waals surface area contributed by atoms with E-state index in [1.807, 2.05) is 12.1 Å².